The second kappa shape index (κ2) is 4.70. The van der Waals surface area contributed by atoms with Gasteiger partial charge in [-0.3, -0.25) is 9.59 Å². The Bertz CT molecular complexity index is 819. The molecule has 0 aliphatic carbocycles. The van der Waals surface area contributed by atoms with Crippen LogP contribution in [0.15, 0.2) is 40.8 Å². The van der Waals surface area contributed by atoms with Crippen molar-refractivity contribution in [2.45, 2.75) is 0 Å². The number of methoxy groups -OCH3 is 1. The monoisotopic (exact) mass is 269 g/mol. The van der Waals surface area contributed by atoms with Crippen LogP contribution in [-0.2, 0) is 9.59 Å². The van der Waals surface area contributed by atoms with Crippen LogP contribution in [0.2, 0.25) is 0 Å². The van der Waals surface area contributed by atoms with Gasteiger partial charge in [-0.25, -0.2) is 0 Å². The summed E-state index contributed by atoms with van der Waals surface area (Å²) < 4.78 is 11.0. The predicted molar refractivity (Wildman–Crippen MR) is 75.0 cm³/mol. The maximum atomic E-state index is 11.2. The minimum absolute atomic E-state index is 0.211. The number of para-hydroxylation sites is 1. The van der Waals surface area contributed by atoms with E-state index in [1.54, 1.807) is 12.1 Å². The number of amides is 1. The molecule has 3 aromatic rings. The summed E-state index contributed by atoms with van der Waals surface area (Å²) >= 11 is 0. The number of ether oxygens (including phenoxy) is 1. The highest BCUT2D eigenvalue weighted by Gasteiger charge is 2.13. The van der Waals surface area contributed by atoms with Gasteiger partial charge in [-0.1, -0.05) is 18.2 Å². The second-order valence-corrected chi connectivity index (χ2v) is 4.25. The van der Waals surface area contributed by atoms with E-state index in [9.17, 15) is 9.59 Å². The number of hydrogen-bond acceptors (Lipinski definition) is 4. The molecule has 3 rings (SSSR count). The highest BCUT2D eigenvalue weighted by molar-refractivity contribution is 6.30. The predicted octanol–water partition coefficient (Wildman–Crippen LogP) is 2.73. The fourth-order valence-corrected chi connectivity index (χ4v) is 2.18. The van der Waals surface area contributed by atoms with E-state index < -0.39 is 5.91 Å². The molecule has 2 aromatic carbocycles. The Morgan fingerprint density at radius 2 is 2.00 bits per heavy atom. The van der Waals surface area contributed by atoms with Crippen LogP contribution < -0.4 is 10.1 Å². The van der Waals surface area contributed by atoms with Crippen molar-refractivity contribution in [3.8, 4) is 5.75 Å². The van der Waals surface area contributed by atoms with Crippen LogP contribution in [0.4, 0.5) is 5.69 Å². The quantitative estimate of drug-likeness (QED) is 0.586. The van der Waals surface area contributed by atoms with E-state index in [0.717, 1.165) is 16.4 Å². The van der Waals surface area contributed by atoms with Gasteiger partial charge in [-0.2, -0.15) is 0 Å². The first-order valence-corrected chi connectivity index (χ1v) is 5.98. The number of anilines is 1. The van der Waals surface area contributed by atoms with Crippen molar-refractivity contribution in [3.05, 3.63) is 36.4 Å². The molecule has 0 saturated heterocycles. The Hall–Kier alpha value is -2.82. The standard InChI is InChI=1S/C15H11NO4/c1-19-14-6-10-9-4-2-3-5-12(9)20-13(10)7-11(14)16-15(18)8-17/h2-8H,1H3,(H,16,18). The Morgan fingerprint density at radius 1 is 1.20 bits per heavy atom. The number of benzene rings is 2. The van der Waals surface area contributed by atoms with Crippen molar-refractivity contribution in [1.29, 1.82) is 0 Å². The lowest BCUT2D eigenvalue weighted by atomic mass is 10.1. The minimum Gasteiger partial charge on any atom is -0.495 e. The highest BCUT2D eigenvalue weighted by Crippen LogP contribution is 2.36. The van der Waals surface area contributed by atoms with Crippen molar-refractivity contribution in [2.24, 2.45) is 0 Å². The molecule has 0 fully saturated rings. The topological polar surface area (TPSA) is 68.5 Å². The Morgan fingerprint density at radius 3 is 2.75 bits per heavy atom. The largest absolute Gasteiger partial charge is 0.495 e. The average molecular weight is 269 g/mol. The molecule has 0 unspecified atom stereocenters. The van der Waals surface area contributed by atoms with Crippen LogP contribution in [0.25, 0.3) is 21.9 Å². The van der Waals surface area contributed by atoms with E-state index in [1.165, 1.54) is 7.11 Å². The number of carbonyl (C=O) groups is 2. The first kappa shape index (κ1) is 12.2. The minimum atomic E-state index is -0.737. The maximum Gasteiger partial charge on any atom is 0.288 e. The highest BCUT2D eigenvalue weighted by atomic mass is 16.5. The van der Waals surface area contributed by atoms with Gasteiger partial charge >= 0.3 is 0 Å². The van der Waals surface area contributed by atoms with Crippen molar-refractivity contribution >= 4 is 39.8 Å². The molecule has 1 amide bonds. The zero-order chi connectivity index (χ0) is 14.1. The molecule has 100 valence electrons. The van der Waals surface area contributed by atoms with Crippen molar-refractivity contribution in [2.75, 3.05) is 12.4 Å². The van der Waals surface area contributed by atoms with Gasteiger partial charge in [0.2, 0.25) is 6.29 Å². The van der Waals surface area contributed by atoms with Gasteiger partial charge < -0.3 is 14.5 Å². The fraction of sp³-hybridized carbons (Fsp3) is 0.0667. The second-order valence-electron chi connectivity index (χ2n) is 4.25. The number of rotatable bonds is 3. The Kier molecular flexibility index (Phi) is 2.87. The maximum absolute atomic E-state index is 11.2. The van der Waals surface area contributed by atoms with Gasteiger partial charge in [0.1, 0.15) is 16.9 Å². The molecule has 0 aliphatic rings. The summed E-state index contributed by atoms with van der Waals surface area (Å²) in [5.74, 6) is -0.266. The van der Waals surface area contributed by atoms with E-state index in [2.05, 4.69) is 5.32 Å². The van der Waals surface area contributed by atoms with Crippen LogP contribution in [0.1, 0.15) is 0 Å². The van der Waals surface area contributed by atoms with E-state index in [0.29, 0.717) is 17.0 Å². The molecule has 0 atom stereocenters. The summed E-state index contributed by atoms with van der Waals surface area (Å²) in [6.07, 6.45) is 0.211. The van der Waals surface area contributed by atoms with Crippen LogP contribution in [0, 0.1) is 0 Å². The Balaban J connectivity index is 2.24. The zero-order valence-electron chi connectivity index (χ0n) is 10.7. The lowest BCUT2D eigenvalue weighted by molar-refractivity contribution is -0.127. The number of hydrogen-bond donors (Lipinski definition) is 1. The average Bonchev–Trinajstić information content (AvgIpc) is 2.83. The lowest BCUT2D eigenvalue weighted by Crippen LogP contribution is -2.12. The SMILES string of the molecule is COc1cc2c(cc1NC(=O)C=O)oc1ccccc12. The van der Waals surface area contributed by atoms with Crippen molar-refractivity contribution in [1.82, 2.24) is 0 Å². The number of aldehydes is 1. The molecule has 5 nitrogen and oxygen atoms in total. The van der Waals surface area contributed by atoms with Crippen molar-refractivity contribution < 1.29 is 18.7 Å². The van der Waals surface area contributed by atoms with E-state index >= 15 is 0 Å². The summed E-state index contributed by atoms with van der Waals surface area (Å²) in [5.41, 5.74) is 1.77. The number of furan rings is 1. The van der Waals surface area contributed by atoms with Gasteiger partial charge in [0.15, 0.2) is 0 Å². The van der Waals surface area contributed by atoms with Gasteiger partial charge in [-0.05, 0) is 12.1 Å². The third-order valence-corrected chi connectivity index (χ3v) is 3.06. The third kappa shape index (κ3) is 1.89. The van der Waals surface area contributed by atoms with Crippen molar-refractivity contribution in [3.63, 3.8) is 0 Å². The van der Waals surface area contributed by atoms with Crippen LogP contribution in [0.3, 0.4) is 0 Å². The zero-order valence-corrected chi connectivity index (χ0v) is 10.7. The normalized spacial score (nSPS) is 10.7. The van der Waals surface area contributed by atoms with Gasteiger partial charge in [0.25, 0.3) is 5.91 Å². The first-order chi connectivity index (χ1) is 9.72. The van der Waals surface area contributed by atoms with E-state index in [4.69, 9.17) is 9.15 Å². The molecule has 0 spiro atoms. The molecule has 1 aromatic heterocycles. The van der Waals surface area contributed by atoms with Gasteiger partial charge in [-0.15, -0.1) is 0 Å². The summed E-state index contributed by atoms with van der Waals surface area (Å²) in [6, 6.07) is 11.1. The molecule has 0 radical (unpaired) electrons. The summed E-state index contributed by atoms with van der Waals surface area (Å²) in [7, 11) is 1.50. The molecule has 0 bridgehead atoms. The fourth-order valence-electron chi connectivity index (χ4n) is 2.18. The van der Waals surface area contributed by atoms with Crippen LogP contribution >= 0.6 is 0 Å². The van der Waals surface area contributed by atoms with E-state index in [-0.39, 0.29) is 6.29 Å². The third-order valence-electron chi connectivity index (χ3n) is 3.06. The Labute approximate surface area is 114 Å². The van der Waals surface area contributed by atoms with Gasteiger partial charge in [0, 0.05) is 16.8 Å². The smallest absolute Gasteiger partial charge is 0.288 e. The number of nitrogens with one attached hydrogen (secondary N) is 1. The molecule has 5 heteroatoms. The number of fused-ring (bicyclic) bond motifs is 3. The number of carbonyl (C=O) groups excluding carboxylic acids is 2. The first-order valence-electron chi connectivity index (χ1n) is 5.98. The molecular formula is C15H11NO4. The lowest BCUT2D eigenvalue weighted by Gasteiger charge is -2.08. The molecule has 20 heavy (non-hydrogen) atoms. The molecule has 0 saturated carbocycles. The van der Waals surface area contributed by atoms with E-state index in [1.807, 2.05) is 24.3 Å². The van der Waals surface area contributed by atoms with Gasteiger partial charge in [0.05, 0.1) is 12.8 Å². The summed E-state index contributed by atoms with van der Waals surface area (Å²) in [5, 5.41) is 4.31. The molecule has 1 heterocycles. The molecule has 0 aliphatic heterocycles. The molecular weight excluding hydrogens is 258 g/mol. The van der Waals surface area contributed by atoms with Crippen LogP contribution in [0.5, 0.6) is 5.75 Å². The summed E-state index contributed by atoms with van der Waals surface area (Å²) in [4.78, 5) is 21.6. The summed E-state index contributed by atoms with van der Waals surface area (Å²) in [6.45, 7) is 0. The van der Waals surface area contributed by atoms with Crippen LogP contribution in [-0.4, -0.2) is 19.3 Å². The molecule has 1 N–H and O–H groups in total.